The molecule has 13 heavy (non-hydrogen) atoms. The van der Waals surface area contributed by atoms with E-state index < -0.39 is 11.9 Å². The van der Waals surface area contributed by atoms with Crippen molar-refractivity contribution in [2.75, 3.05) is 5.88 Å². The zero-order chi connectivity index (χ0) is 9.68. The summed E-state index contributed by atoms with van der Waals surface area (Å²) in [7, 11) is 0. The highest BCUT2D eigenvalue weighted by atomic mass is 35.5. The van der Waals surface area contributed by atoms with Crippen molar-refractivity contribution in [2.24, 2.45) is 0 Å². The van der Waals surface area contributed by atoms with Crippen molar-refractivity contribution < 1.29 is 8.78 Å². The average molecular weight is 202 g/mol. The Morgan fingerprint density at radius 2 is 2.15 bits per heavy atom. The number of aromatic nitrogens is 1. The van der Waals surface area contributed by atoms with Crippen molar-refractivity contribution in [1.29, 1.82) is 0 Å². The van der Waals surface area contributed by atoms with E-state index in [1.807, 2.05) is 0 Å². The van der Waals surface area contributed by atoms with Crippen LogP contribution in [0.2, 0.25) is 0 Å². The van der Waals surface area contributed by atoms with E-state index in [-0.39, 0.29) is 5.56 Å². The third kappa shape index (κ3) is 3.00. The molecule has 1 aromatic rings. The first-order valence-electron chi connectivity index (χ1n) is 3.61. The van der Waals surface area contributed by atoms with Crippen molar-refractivity contribution in [3.05, 3.63) is 29.6 Å². The van der Waals surface area contributed by atoms with Gasteiger partial charge in [-0.2, -0.15) is 13.8 Å². The van der Waals surface area contributed by atoms with E-state index in [9.17, 15) is 8.78 Å². The lowest BCUT2D eigenvalue weighted by atomic mass is 10.3. The molecule has 0 saturated carbocycles. The molecule has 0 fully saturated rings. The molecule has 0 aromatic carbocycles. The molecule has 0 amide bonds. The van der Waals surface area contributed by atoms with E-state index in [1.54, 1.807) is 0 Å². The van der Waals surface area contributed by atoms with Crippen LogP contribution in [0.5, 0.6) is 0 Å². The van der Waals surface area contributed by atoms with Gasteiger partial charge in [0, 0.05) is 12.3 Å². The van der Waals surface area contributed by atoms with Crippen LogP contribution in [0.3, 0.4) is 0 Å². The Labute approximate surface area is 79.7 Å². The van der Waals surface area contributed by atoms with Crippen molar-refractivity contribution in [3.63, 3.8) is 0 Å². The van der Waals surface area contributed by atoms with Gasteiger partial charge in [-0.15, -0.1) is 11.6 Å². The first-order valence-corrected chi connectivity index (χ1v) is 4.14. The first-order chi connectivity index (χ1) is 6.24. The number of nitrogens with zero attached hydrogens (tertiary/aromatic N) is 1. The van der Waals surface area contributed by atoms with Gasteiger partial charge in [0.1, 0.15) is 0 Å². The van der Waals surface area contributed by atoms with Crippen LogP contribution in [0.4, 0.5) is 8.78 Å². The maximum absolute atomic E-state index is 12.8. The molecule has 1 rings (SSSR count). The molecule has 1 heterocycles. The highest BCUT2D eigenvalue weighted by molar-refractivity contribution is 6.18. The topological polar surface area (TPSA) is 12.9 Å². The van der Waals surface area contributed by atoms with Gasteiger partial charge in [-0.25, -0.2) is 0 Å². The quantitative estimate of drug-likeness (QED) is 0.386. The summed E-state index contributed by atoms with van der Waals surface area (Å²) in [6.45, 7) is 0. The van der Waals surface area contributed by atoms with Gasteiger partial charge in [-0.1, -0.05) is 11.8 Å². The normalized spacial score (nSPS) is 9.15. The molecule has 0 aliphatic rings. The van der Waals surface area contributed by atoms with Gasteiger partial charge in [-0.3, -0.25) is 0 Å². The molecule has 1 aromatic heterocycles. The van der Waals surface area contributed by atoms with Crippen molar-refractivity contribution >= 4 is 11.6 Å². The number of halogens is 3. The number of hydrogen-bond acceptors (Lipinski definition) is 1. The van der Waals surface area contributed by atoms with E-state index in [0.29, 0.717) is 12.3 Å². The first kappa shape index (κ1) is 9.94. The second-order valence-electron chi connectivity index (χ2n) is 2.21. The number of hydrogen-bond donors (Lipinski definition) is 0. The standard InChI is InChI=1S/C9H6ClF2N/c10-6-2-1-3-7-4-5-8(11)13-9(7)12/h4-5H,2,6H2. The summed E-state index contributed by atoms with van der Waals surface area (Å²) in [5, 5.41) is 0. The molecule has 0 radical (unpaired) electrons. The highest BCUT2D eigenvalue weighted by Crippen LogP contribution is 2.03. The Hall–Kier alpha value is -1.14. The van der Waals surface area contributed by atoms with E-state index in [2.05, 4.69) is 16.8 Å². The average Bonchev–Trinajstić information content (AvgIpc) is 2.09. The summed E-state index contributed by atoms with van der Waals surface area (Å²) in [6, 6.07) is 2.31. The molecule has 0 saturated heterocycles. The van der Waals surface area contributed by atoms with Gasteiger partial charge >= 0.3 is 0 Å². The van der Waals surface area contributed by atoms with Crippen LogP contribution in [0.15, 0.2) is 12.1 Å². The number of pyridine rings is 1. The molecule has 0 aliphatic carbocycles. The molecule has 0 unspecified atom stereocenters. The Morgan fingerprint density at radius 3 is 2.77 bits per heavy atom. The zero-order valence-electron chi connectivity index (χ0n) is 6.65. The Balaban J connectivity index is 2.85. The monoisotopic (exact) mass is 201 g/mol. The number of rotatable bonds is 1. The van der Waals surface area contributed by atoms with Crippen molar-refractivity contribution in [2.45, 2.75) is 6.42 Å². The predicted molar refractivity (Wildman–Crippen MR) is 46.4 cm³/mol. The Bertz CT molecular complexity index is 354. The van der Waals surface area contributed by atoms with Crippen LogP contribution in [0.25, 0.3) is 0 Å². The fraction of sp³-hybridized carbons (Fsp3) is 0.222. The minimum absolute atomic E-state index is 0.0894. The fourth-order valence-electron chi connectivity index (χ4n) is 0.710. The number of alkyl halides is 1. The predicted octanol–water partition coefficient (Wildman–Crippen LogP) is 2.34. The molecule has 0 bridgehead atoms. The second-order valence-corrected chi connectivity index (χ2v) is 2.59. The van der Waals surface area contributed by atoms with Crippen molar-refractivity contribution in [3.8, 4) is 11.8 Å². The largest absolute Gasteiger partial charge is 0.231 e. The van der Waals surface area contributed by atoms with E-state index >= 15 is 0 Å². The third-order valence-corrected chi connectivity index (χ3v) is 1.45. The molecule has 0 N–H and O–H groups in total. The summed E-state index contributed by atoms with van der Waals surface area (Å²) in [4.78, 5) is 2.98. The van der Waals surface area contributed by atoms with E-state index in [0.717, 1.165) is 6.07 Å². The van der Waals surface area contributed by atoms with Gasteiger partial charge in [0.2, 0.25) is 11.9 Å². The molecular formula is C9H6ClF2N. The Morgan fingerprint density at radius 1 is 1.38 bits per heavy atom. The van der Waals surface area contributed by atoms with Crippen LogP contribution in [0.1, 0.15) is 12.0 Å². The van der Waals surface area contributed by atoms with Gasteiger partial charge in [0.05, 0.1) is 5.56 Å². The summed E-state index contributed by atoms with van der Waals surface area (Å²) in [6.07, 6.45) is 0.471. The molecule has 0 spiro atoms. The van der Waals surface area contributed by atoms with E-state index in [4.69, 9.17) is 11.6 Å². The molecule has 4 heteroatoms. The smallest absolute Gasteiger partial charge is 0.189 e. The van der Waals surface area contributed by atoms with Crippen LogP contribution >= 0.6 is 11.6 Å². The fourth-order valence-corrected chi connectivity index (χ4v) is 0.805. The lowest BCUT2D eigenvalue weighted by Gasteiger charge is -1.91. The summed E-state index contributed by atoms with van der Waals surface area (Å²) >= 11 is 5.36. The highest BCUT2D eigenvalue weighted by Gasteiger charge is 2.01. The minimum Gasteiger partial charge on any atom is -0.189 e. The molecule has 0 aliphatic heterocycles. The maximum atomic E-state index is 12.8. The maximum Gasteiger partial charge on any atom is 0.231 e. The lowest BCUT2D eigenvalue weighted by molar-refractivity contribution is 0.510. The van der Waals surface area contributed by atoms with Crippen LogP contribution < -0.4 is 0 Å². The van der Waals surface area contributed by atoms with Gasteiger partial charge in [0.15, 0.2) is 0 Å². The molecular weight excluding hydrogens is 196 g/mol. The van der Waals surface area contributed by atoms with Crippen molar-refractivity contribution in [1.82, 2.24) is 4.98 Å². The third-order valence-electron chi connectivity index (χ3n) is 1.26. The van der Waals surface area contributed by atoms with Gasteiger partial charge in [-0.05, 0) is 12.1 Å². The van der Waals surface area contributed by atoms with Gasteiger partial charge in [0.25, 0.3) is 0 Å². The van der Waals surface area contributed by atoms with Crippen LogP contribution in [-0.4, -0.2) is 10.9 Å². The van der Waals surface area contributed by atoms with Gasteiger partial charge < -0.3 is 0 Å². The van der Waals surface area contributed by atoms with Crippen LogP contribution in [0, 0.1) is 23.7 Å². The summed E-state index contributed by atoms with van der Waals surface area (Å²) < 4.78 is 25.1. The molecule has 1 nitrogen and oxygen atoms in total. The Kier molecular flexibility index (Phi) is 3.66. The summed E-state index contributed by atoms with van der Waals surface area (Å²) in [5.74, 6) is 3.79. The summed E-state index contributed by atoms with van der Waals surface area (Å²) in [5.41, 5.74) is 0.0894. The lowest BCUT2D eigenvalue weighted by Crippen LogP contribution is -1.91. The molecule has 68 valence electrons. The SMILES string of the molecule is Fc1ccc(C#CCCCl)c(F)n1. The zero-order valence-corrected chi connectivity index (χ0v) is 7.41. The van der Waals surface area contributed by atoms with E-state index in [1.165, 1.54) is 6.07 Å². The minimum atomic E-state index is -0.887. The second kappa shape index (κ2) is 4.78. The van der Waals surface area contributed by atoms with Crippen LogP contribution in [-0.2, 0) is 0 Å². The molecule has 0 atom stereocenters.